The lowest BCUT2D eigenvalue weighted by Crippen LogP contribution is -2.21. The Morgan fingerprint density at radius 1 is 1.19 bits per heavy atom. The second kappa shape index (κ2) is 8.71. The molecule has 0 amide bonds. The molecule has 0 saturated heterocycles. The van der Waals surface area contributed by atoms with Gasteiger partial charge in [-0.2, -0.15) is 4.98 Å². The molecular formula is C19H29N5O2. The van der Waals surface area contributed by atoms with Gasteiger partial charge in [-0.1, -0.05) is 13.8 Å². The largest absolute Gasteiger partial charge is 0.496 e. The fourth-order valence-electron chi connectivity index (χ4n) is 2.55. The molecular weight excluding hydrogens is 330 g/mol. The number of hydrogen-bond acceptors (Lipinski definition) is 7. The highest BCUT2D eigenvalue weighted by Gasteiger charge is 2.16. The fraction of sp³-hybridized carbons (Fsp3) is 0.474. The van der Waals surface area contributed by atoms with E-state index in [0.717, 1.165) is 29.2 Å². The van der Waals surface area contributed by atoms with Gasteiger partial charge < -0.3 is 25.4 Å². The predicted molar refractivity (Wildman–Crippen MR) is 105 cm³/mol. The molecule has 2 rings (SSSR count). The highest BCUT2D eigenvalue weighted by Crippen LogP contribution is 2.37. The minimum atomic E-state index is 0.204. The van der Waals surface area contributed by atoms with E-state index in [1.54, 1.807) is 13.3 Å². The van der Waals surface area contributed by atoms with Crippen molar-refractivity contribution in [3.8, 4) is 17.2 Å². The van der Waals surface area contributed by atoms with Gasteiger partial charge in [-0.15, -0.1) is 0 Å². The molecule has 0 aliphatic heterocycles. The Kier molecular flexibility index (Phi) is 6.63. The van der Waals surface area contributed by atoms with Gasteiger partial charge in [0.1, 0.15) is 11.5 Å². The number of methoxy groups -OCH3 is 1. The van der Waals surface area contributed by atoms with Crippen LogP contribution >= 0.6 is 0 Å². The summed E-state index contributed by atoms with van der Waals surface area (Å²) in [4.78, 5) is 10.4. The average Bonchev–Trinajstić information content (AvgIpc) is 2.57. The normalized spacial score (nSPS) is 11.1. The van der Waals surface area contributed by atoms with Gasteiger partial charge in [0.15, 0.2) is 11.6 Å². The molecule has 0 fully saturated rings. The van der Waals surface area contributed by atoms with Crippen LogP contribution in [0.15, 0.2) is 18.3 Å². The summed E-state index contributed by atoms with van der Waals surface area (Å²) < 4.78 is 11.6. The number of aryl methyl sites for hydroxylation is 1. The van der Waals surface area contributed by atoms with Gasteiger partial charge in [-0.25, -0.2) is 4.98 Å². The van der Waals surface area contributed by atoms with Crippen LogP contribution in [0.5, 0.6) is 17.2 Å². The predicted octanol–water partition coefficient (Wildman–Crippen LogP) is 3.27. The van der Waals surface area contributed by atoms with Crippen LogP contribution < -0.4 is 20.5 Å². The van der Waals surface area contributed by atoms with Gasteiger partial charge in [0.2, 0.25) is 5.95 Å². The Bertz CT molecular complexity index is 747. The monoisotopic (exact) mass is 359 g/mol. The molecule has 0 saturated carbocycles. The van der Waals surface area contributed by atoms with Crippen LogP contribution in [0.3, 0.4) is 0 Å². The molecule has 3 N–H and O–H groups in total. The van der Waals surface area contributed by atoms with Crippen molar-refractivity contribution in [3.05, 3.63) is 29.5 Å². The van der Waals surface area contributed by atoms with Crippen molar-refractivity contribution in [2.24, 2.45) is 0 Å². The van der Waals surface area contributed by atoms with E-state index in [4.69, 9.17) is 15.2 Å². The van der Waals surface area contributed by atoms with Crippen LogP contribution in [0.4, 0.5) is 11.8 Å². The van der Waals surface area contributed by atoms with Crippen molar-refractivity contribution in [1.29, 1.82) is 0 Å². The van der Waals surface area contributed by atoms with E-state index < -0.39 is 0 Å². The van der Waals surface area contributed by atoms with Gasteiger partial charge in [-0.05, 0) is 44.1 Å². The van der Waals surface area contributed by atoms with E-state index in [2.05, 4.69) is 40.1 Å². The quantitative estimate of drug-likeness (QED) is 0.748. The Morgan fingerprint density at radius 2 is 1.92 bits per heavy atom. The molecule has 7 heteroatoms. The topological polar surface area (TPSA) is 85.5 Å². The zero-order valence-corrected chi connectivity index (χ0v) is 16.5. The second-order valence-electron chi connectivity index (χ2n) is 6.79. The molecule has 0 unspecified atom stereocenters. The van der Waals surface area contributed by atoms with Gasteiger partial charge in [0.05, 0.1) is 13.3 Å². The standard InChI is InChI=1S/C19H29N5O2/c1-12(2)14-9-13(3)15(25-6)10-16(14)26-17-11-22-19(20)23-18(17)21-7-8-24(4)5/h9-12H,7-8H2,1-6H3,(H3,20,21,22,23). The van der Waals surface area contributed by atoms with E-state index in [0.29, 0.717) is 24.0 Å². The van der Waals surface area contributed by atoms with Crippen molar-refractivity contribution < 1.29 is 9.47 Å². The lowest BCUT2D eigenvalue weighted by molar-refractivity contribution is 0.404. The minimum Gasteiger partial charge on any atom is -0.496 e. The summed E-state index contributed by atoms with van der Waals surface area (Å²) in [5.74, 6) is 3.12. The Labute approximate surface area is 155 Å². The van der Waals surface area contributed by atoms with E-state index >= 15 is 0 Å². The highest BCUT2D eigenvalue weighted by atomic mass is 16.5. The maximum absolute atomic E-state index is 6.18. The lowest BCUT2D eigenvalue weighted by Gasteiger charge is -2.19. The molecule has 26 heavy (non-hydrogen) atoms. The second-order valence-corrected chi connectivity index (χ2v) is 6.79. The molecule has 2 aromatic rings. The van der Waals surface area contributed by atoms with Gasteiger partial charge in [0, 0.05) is 19.2 Å². The molecule has 1 aromatic heterocycles. The van der Waals surface area contributed by atoms with Crippen LogP contribution in [0.2, 0.25) is 0 Å². The summed E-state index contributed by atoms with van der Waals surface area (Å²) in [6.07, 6.45) is 1.59. The number of nitrogen functional groups attached to an aromatic ring is 1. The number of nitrogens with one attached hydrogen (secondary N) is 1. The lowest BCUT2D eigenvalue weighted by atomic mass is 9.99. The van der Waals surface area contributed by atoms with Crippen LogP contribution in [0.25, 0.3) is 0 Å². The molecule has 0 aliphatic rings. The number of aromatic nitrogens is 2. The zero-order valence-electron chi connectivity index (χ0n) is 16.5. The molecule has 0 radical (unpaired) electrons. The number of likely N-dealkylation sites (N-methyl/N-ethyl adjacent to an activating group) is 1. The van der Waals surface area contributed by atoms with E-state index in [-0.39, 0.29) is 5.95 Å². The number of nitrogens with zero attached hydrogens (tertiary/aromatic N) is 3. The summed E-state index contributed by atoms with van der Waals surface area (Å²) in [5, 5.41) is 3.27. The van der Waals surface area contributed by atoms with Crippen LogP contribution in [-0.4, -0.2) is 49.2 Å². The molecule has 0 bridgehead atoms. The average molecular weight is 359 g/mol. The third-order valence-corrected chi connectivity index (χ3v) is 3.99. The summed E-state index contributed by atoms with van der Waals surface area (Å²) >= 11 is 0. The van der Waals surface area contributed by atoms with Crippen LogP contribution in [0.1, 0.15) is 30.9 Å². The first-order valence-electron chi connectivity index (χ1n) is 8.69. The van der Waals surface area contributed by atoms with E-state index in [1.165, 1.54) is 0 Å². The van der Waals surface area contributed by atoms with Crippen molar-refractivity contribution in [2.75, 3.05) is 45.3 Å². The van der Waals surface area contributed by atoms with Crippen molar-refractivity contribution in [2.45, 2.75) is 26.7 Å². The van der Waals surface area contributed by atoms with Crippen LogP contribution in [0, 0.1) is 6.92 Å². The maximum atomic E-state index is 6.18. The smallest absolute Gasteiger partial charge is 0.222 e. The van der Waals surface area contributed by atoms with E-state index in [9.17, 15) is 0 Å². The van der Waals surface area contributed by atoms with Crippen LogP contribution in [-0.2, 0) is 0 Å². The third-order valence-electron chi connectivity index (χ3n) is 3.99. The number of benzene rings is 1. The summed E-state index contributed by atoms with van der Waals surface area (Å²) in [7, 11) is 5.68. The molecule has 0 atom stereocenters. The third kappa shape index (κ3) is 4.98. The molecule has 142 valence electrons. The molecule has 1 aromatic carbocycles. The first kappa shape index (κ1) is 19.8. The number of hydrogen-bond donors (Lipinski definition) is 2. The molecule has 7 nitrogen and oxygen atoms in total. The fourth-order valence-corrected chi connectivity index (χ4v) is 2.55. The molecule has 0 spiro atoms. The Morgan fingerprint density at radius 3 is 2.54 bits per heavy atom. The summed E-state index contributed by atoms with van der Waals surface area (Å²) in [6.45, 7) is 7.86. The van der Waals surface area contributed by atoms with Crippen molar-refractivity contribution in [3.63, 3.8) is 0 Å². The number of nitrogens with two attached hydrogens (primary N) is 1. The first-order valence-corrected chi connectivity index (χ1v) is 8.69. The first-order chi connectivity index (χ1) is 12.3. The highest BCUT2D eigenvalue weighted by molar-refractivity contribution is 5.55. The van der Waals surface area contributed by atoms with E-state index in [1.807, 2.05) is 27.1 Å². The number of ether oxygens (including phenoxy) is 2. The zero-order chi connectivity index (χ0) is 19.3. The van der Waals surface area contributed by atoms with Gasteiger partial charge in [-0.3, -0.25) is 0 Å². The Balaban J connectivity index is 2.35. The van der Waals surface area contributed by atoms with Crippen molar-refractivity contribution in [1.82, 2.24) is 14.9 Å². The molecule has 0 aliphatic carbocycles. The summed E-state index contributed by atoms with van der Waals surface area (Å²) in [5.41, 5.74) is 7.92. The van der Waals surface area contributed by atoms with Gasteiger partial charge in [0.25, 0.3) is 0 Å². The van der Waals surface area contributed by atoms with Gasteiger partial charge >= 0.3 is 0 Å². The minimum absolute atomic E-state index is 0.204. The number of anilines is 2. The van der Waals surface area contributed by atoms with Crippen molar-refractivity contribution >= 4 is 11.8 Å². The summed E-state index contributed by atoms with van der Waals surface area (Å²) in [6, 6.07) is 4.00. The molecule has 1 heterocycles. The maximum Gasteiger partial charge on any atom is 0.222 e. The SMILES string of the molecule is COc1cc(Oc2cnc(N)nc2NCCN(C)C)c(C(C)C)cc1C. The Hall–Kier alpha value is -2.54. The number of rotatable bonds is 8.